The Kier molecular flexibility index (Phi) is 8.35. The summed E-state index contributed by atoms with van der Waals surface area (Å²) in [7, 11) is 0. The number of thioether (sulfide) groups is 1. The van der Waals surface area contributed by atoms with Crippen LogP contribution in [0.5, 0.6) is 0 Å². The van der Waals surface area contributed by atoms with Crippen molar-refractivity contribution in [3.05, 3.63) is 11.1 Å². The van der Waals surface area contributed by atoms with E-state index in [1.807, 2.05) is 0 Å². The zero-order valence-corrected chi connectivity index (χ0v) is 13.1. The minimum absolute atomic E-state index is 0.0260. The Morgan fingerprint density at radius 3 is 2.95 bits per heavy atom. The first-order valence-corrected chi connectivity index (χ1v) is 8.40. The molecule has 0 bridgehead atoms. The second-order valence-corrected chi connectivity index (χ2v) is 6.43. The lowest BCUT2D eigenvalue weighted by atomic mass is 10.3. The lowest BCUT2D eigenvalue weighted by Crippen LogP contribution is -2.23. The summed E-state index contributed by atoms with van der Waals surface area (Å²) in [5, 5.41) is 2.90. The van der Waals surface area contributed by atoms with E-state index in [1.54, 1.807) is 18.0 Å². The third kappa shape index (κ3) is 6.65. The molecule has 0 aliphatic rings. The summed E-state index contributed by atoms with van der Waals surface area (Å²) in [5.74, 6) is 7.16. The van der Waals surface area contributed by atoms with Crippen LogP contribution < -0.4 is 5.32 Å². The largest absolute Gasteiger partial charge is 0.351 e. The summed E-state index contributed by atoms with van der Waals surface area (Å²) in [4.78, 5) is 16.7. The van der Waals surface area contributed by atoms with Crippen molar-refractivity contribution in [3.63, 3.8) is 0 Å². The predicted molar refractivity (Wildman–Crippen MR) is 82.8 cm³/mol. The Morgan fingerprint density at radius 2 is 2.21 bits per heavy atom. The second kappa shape index (κ2) is 9.88. The quantitative estimate of drug-likeness (QED) is 0.475. The van der Waals surface area contributed by atoms with E-state index in [1.165, 1.54) is 11.3 Å². The molecule has 0 unspecified atom stereocenters. The molecule has 0 spiro atoms. The molecule has 0 aromatic carbocycles. The van der Waals surface area contributed by atoms with E-state index in [2.05, 4.69) is 36.0 Å². The molecule has 5 heteroatoms. The fourth-order valence-electron chi connectivity index (χ4n) is 1.32. The molecule has 0 radical (unpaired) electrons. The van der Waals surface area contributed by atoms with E-state index >= 15 is 0 Å². The highest BCUT2D eigenvalue weighted by Crippen LogP contribution is 2.23. The van der Waals surface area contributed by atoms with E-state index in [4.69, 9.17) is 0 Å². The molecule has 0 saturated heterocycles. The molecule has 0 atom stereocenters. The van der Waals surface area contributed by atoms with E-state index in [-0.39, 0.29) is 5.91 Å². The van der Waals surface area contributed by atoms with Crippen LogP contribution >= 0.6 is 23.1 Å². The second-order valence-electron chi connectivity index (χ2n) is 3.89. The molecule has 1 rings (SSSR count). The summed E-state index contributed by atoms with van der Waals surface area (Å²) in [6, 6.07) is 0. The van der Waals surface area contributed by atoms with Crippen molar-refractivity contribution in [2.24, 2.45) is 0 Å². The van der Waals surface area contributed by atoms with E-state index in [0.29, 0.717) is 11.4 Å². The number of hydrogen-bond donors (Lipinski definition) is 1. The summed E-state index contributed by atoms with van der Waals surface area (Å²) >= 11 is 3.11. The molecule has 104 valence electrons. The van der Waals surface area contributed by atoms with Crippen molar-refractivity contribution >= 4 is 29.0 Å². The molecular formula is C14H20N2OS2. The Hall–Kier alpha value is -0.990. The van der Waals surface area contributed by atoms with E-state index in [9.17, 15) is 4.79 Å². The number of aromatic nitrogens is 1. The maximum absolute atomic E-state index is 11.8. The summed E-state index contributed by atoms with van der Waals surface area (Å²) in [6.07, 6.45) is 5.47. The van der Waals surface area contributed by atoms with Gasteiger partial charge in [0.15, 0.2) is 4.34 Å². The number of rotatable bonds is 7. The number of amides is 1. The van der Waals surface area contributed by atoms with Crippen LogP contribution in [0.4, 0.5) is 0 Å². The van der Waals surface area contributed by atoms with E-state index in [0.717, 1.165) is 35.8 Å². The Labute approximate surface area is 123 Å². The van der Waals surface area contributed by atoms with Crippen LogP contribution in [0.15, 0.2) is 10.5 Å². The Morgan fingerprint density at radius 1 is 1.42 bits per heavy atom. The molecule has 1 amide bonds. The van der Waals surface area contributed by atoms with Crippen molar-refractivity contribution in [2.75, 3.05) is 12.3 Å². The van der Waals surface area contributed by atoms with Crippen molar-refractivity contribution in [2.45, 2.75) is 43.9 Å². The third-order valence-electron chi connectivity index (χ3n) is 2.24. The minimum atomic E-state index is -0.0260. The van der Waals surface area contributed by atoms with Gasteiger partial charge in [0.25, 0.3) is 5.91 Å². The van der Waals surface area contributed by atoms with Crippen molar-refractivity contribution < 1.29 is 4.79 Å². The molecule has 1 aromatic heterocycles. The zero-order valence-electron chi connectivity index (χ0n) is 11.5. The number of carbonyl (C=O) groups excluding carboxylic acids is 1. The van der Waals surface area contributed by atoms with Gasteiger partial charge < -0.3 is 5.32 Å². The molecular weight excluding hydrogens is 276 g/mol. The van der Waals surface area contributed by atoms with Crippen molar-refractivity contribution in [1.82, 2.24) is 10.3 Å². The Balaban J connectivity index is 2.22. The summed E-state index contributed by atoms with van der Waals surface area (Å²) in [5.41, 5.74) is 0. The highest BCUT2D eigenvalue weighted by atomic mass is 32.2. The average Bonchev–Trinajstić information content (AvgIpc) is 2.87. The van der Waals surface area contributed by atoms with Crippen molar-refractivity contribution in [3.8, 4) is 11.8 Å². The lowest BCUT2D eigenvalue weighted by molar-refractivity contribution is 0.0957. The van der Waals surface area contributed by atoms with Crippen molar-refractivity contribution in [1.29, 1.82) is 0 Å². The van der Waals surface area contributed by atoms with Gasteiger partial charge in [-0.3, -0.25) is 4.79 Å². The topological polar surface area (TPSA) is 42.0 Å². The third-order valence-corrected chi connectivity index (χ3v) is 4.28. The average molecular weight is 296 g/mol. The van der Waals surface area contributed by atoms with Crippen LogP contribution in [0.3, 0.4) is 0 Å². The van der Waals surface area contributed by atoms with Crippen LogP contribution in [0, 0.1) is 11.8 Å². The first-order valence-electron chi connectivity index (χ1n) is 6.60. The van der Waals surface area contributed by atoms with Gasteiger partial charge >= 0.3 is 0 Å². The van der Waals surface area contributed by atoms with Gasteiger partial charge in [0, 0.05) is 19.4 Å². The summed E-state index contributed by atoms with van der Waals surface area (Å²) in [6.45, 7) is 4.87. The molecule has 0 saturated carbocycles. The fourth-order valence-corrected chi connectivity index (χ4v) is 3.12. The Bertz CT molecular complexity index is 446. The highest BCUT2D eigenvalue weighted by Gasteiger charge is 2.09. The summed E-state index contributed by atoms with van der Waals surface area (Å²) < 4.78 is 0.957. The number of unbranched alkanes of at least 4 members (excludes halogenated alkanes) is 2. The SMILES string of the molecule is CCCC#CCCCNC(=O)c1cnc(SCC)s1. The van der Waals surface area contributed by atoms with Crippen LogP contribution in [0.1, 0.15) is 49.2 Å². The number of hydrogen-bond acceptors (Lipinski definition) is 4. The van der Waals surface area contributed by atoms with Gasteiger partial charge in [0.2, 0.25) is 0 Å². The highest BCUT2D eigenvalue weighted by molar-refractivity contribution is 8.01. The van der Waals surface area contributed by atoms with Gasteiger partial charge in [-0.25, -0.2) is 4.98 Å². The van der Waals surface area contributed by atoms with Gasteiger partial charge in [-0.1, -0.05) is 25.6 Å². The van der Waals surface area contributed by atoms with Crippen LogP contribution in [0.25, 0.3) is 0 Å². The lowest BCUT2D eigenvalue weighted by Gasteiger charge is -2.00. The monoisotopic (exact) mass is 296 g/mol. The zero-order chi connectivity index (χ0) is 13.9. The number of carbonyl (C=O) groups is 1. The van der Waals surface area contributed by atoms with Crippen LogP contribution in [-0.4, -0.2) is 23.2 Å². The smallest absolute Gasteiger partial charge is 0.263 e. The molecule has 1 aromatic rings. The molecule has 0 fully saturated rings. The fraction of sp³-hybridized carbons (Fsp3) is 0.571. The minimum Gasteiger partial charge on any atom is -0.351 e. The molecule has 1 N–H and O–H groups in total. The van der Waals surface area contributed by atoms with Gasteiger partial charge in [-0.05, 0) is 18.6 Å². The maximum Gasteiger partial charge on any atom is 0.263 e. The van der Waals surface area contributed by atoms with Crippen LogP contribution in [-0.2, 0) is 0 Å². The predicted octanol–water partition coefficient (Wildman–Crippen LogP) is 3.57. The van der Waals surface area contributed by atoms with Gasteiger partial charge in [0.05, 0.1) is 6.20 Å². The van der Waals surface area contributed by atoms with Crippen LogP contribution in [0.2, 0.25) is 0 Å². The molecule has 1 heterocycles. The maximum atomic E-state index is 11.8. The molecule has 19 heavy (non-hydrogen) atoms. The normalized spacial score (nSPS) is 9.79. The molecule has 0 aliphatic heterocycles. The molecule has 0 aliphatic carbocycles. The standard InChI is InChI=1S/C14H20N2OS2/c1-3-5-6-7-8-9-10-15-13(17)12-11-16-14(19-12)18-4-2/h11H,3-5,8-10H2,1-2H3,(H,15,17). The first kappa shape index (κ1) is 16.1. The number of thiazole rings is 1. The number of nitrogens with zero attached hydrogens (tertiary/aromatic N) is 1. The van der Waals surface area contributed by atoms with Gasteiger partial charge in [0.1, 0.15) is 4.88 Å². The first-order chi connectivity index (χ1) is 9.27. The van der Waals surface area contributed by atoms with E-state index < -0.39 is 0 Å². The number of nitrogens with one attached hydrogen (secondary N) is 1. The molecule has 3 nitrogen and oxygen atoms in total. The van der Waals surface area contributed by atoms with Gasteiger partial charge in [-0.2, -0.15) is 0 Å². The van der Waals surface area contributed by atoms with Gasteiger partial charge in [-0.15, -0.1) is 23.2 Å².